The summed E-state index contributed by atoms with van der Waals surface area (Å²) in [7, 11) is 0. The van der Waals surface area contributed by atoms with Crippen molar-refractivity contribution in [1.82, 2.24) is 4.98 Å². The summed E-state index contributed by atoms with van der Waals surface area (Å²) < 4.78 is 30.1. The molecule has 0 saturated heterocycles. The second-order valence-corrected chi connectivity index (χ2v) is 5.43. The third kappa shape index (κ3) is 2.56. The minimum absolute atomic E-state index is 0.115. The quantitative estimate of drug-likeness (QED) is 0.747. The van der Waals surface area contributed by atoms with E-state index < -0.39 is 11.4 Å². The molecule has 0 atom stereocenters. The number of fused-ring (bicyclic) bond motifs is 2. The maximum absolute atomic E-state index is 13.7. The number of H-pyrrole nitrogens is 1. The lowest BCUT2D eigenvalue weighted by Gasteiger charge is -2.11. The average Bonchev–Trinajstić information content (AvgIpc) is 3.09. The highest BCUT2D eigenvalue weighted by molar-refractivity contribution is 5.91. The fourth-order valence-corrected chi connectivity index (χ4v) is 2.79. The topological polar surface area (TPSA) is 60.6 Å². The van der Waals surface area contributed by atoms with E-state index in [2.05, 4.69) is 10.9 Å². The van der Waals surface area contributed by atoms with Gasteiger partial charge in [-0.25, -0.2) is 4.39 Å². The lowest BCUT2D eigenvalue weighted by atomic mass is 10.1. The zero-order valence-electron chi connectivity index (χ0n) is 13.0. The molecule has 0 fully saturated rings. The van der Waals surface area contributed by atoms with Crippen molar-refractivity contribution in [2.75, 3.05) is 6.79 Å². The SMILES string of the molecule is C#Cc1c(=O)[nH]c(OCc2cccc3c2OCO3)c2cc(F)ccc12. The van der Waals surface area contributed by atoms with Gasteiger partial charge in [0, 0.05) is 16.3 Å². The number of para-hydroxylation sites is 1. The summed E-state index contributed by atoms with van der Waals surface area (Å²) in [5, 5.41) is 0.859. The number of ether oxygens (including phenoxy) is 3. The number of rotatable bonds is 3. The van der Waals surface area contributed by atoms with Crippen molar-refractivity contribution in [3.8, 4) is 29.7 Å². The van der Waals surface area contributed by atoms with Gasteiger partial charge in [0.15, 0.2) is 11.5 Å². The average molecular weight is 337 g/mol. The Labute approximate surface area is 142 Å². The van der Waals surface area contributed by atoms with Crippen molar-refractivity contribution in [2.24, 2.45) is 0 Å². The molecular formula is C19H12FNO4. The predicted octanol–water partition coefficient (Wildman–Crippen LogP) is 2.96. The van der Waals surface area contributed by atoms with Crippen LogP contribution in [0.3, 0.4) is 0 Å². The van der Waals surface area contributed by atoms with Gasteiger partial charge in [-0.1, -0.05) is 18.1 Å². The number of nitrogens with one attached hydrogen (secondary N) is 1. The van der Waals surface area contributed by atoms with Crippen molar-refractivity contribution in [2.45, 2.75) is 6.61 Å². The smallest absolute Gasteiger partial charge is 0.267 e. The maximum Gasteiger partial charge on any atom is 0.267 e. The summed E-state index contributed by atoms with van der Waals surface area (Å²) in [6.45, 7) is 0.262. The summed E-state index contributed by atoms with van der Waals surface area (Å²) in [6, 6.07) is 9.43. The van der Waals surface area contributed by atoms with Crippen LogP contribution in [0.1, 0.15) is 11.1 Å². The normalized spacial score (nSPS) is 12.2. The van der Waals surface area contributed by atoms with E-state index in [1.165, 1.54) is 18.2 Å². The first kappa shape index (κ1) is 15.1. The van der Waals surface area contributed by atoms with Crippen LogP contribution in [-0.4, -0.2) is 11.8 Å². The summed E-state index contributed by atoms with van der Waals surface area (Å²) >= 11 is 0. The predicted molar refractivity (Wildman–Crippen MR) is 89.4 cm³/mol. The largest absolute Gasteiger partial charge is 0.473 e. The van der Waals surface area contributed by atoms with Crippen LogP contribution in [0.4, 0.5) is 4.39 Å². The van der Waals surface area contributed by atoms with Gasteiger partial charge in [-0.3, -0.25) is 9.78 Å². The van der Waals surface area contributed by atoms with Gasteiger partial charge in [-0.2, -0.15) is 0 Å². The minimum Gasteiger partial charge on any atom is -0.473 e. The number of terminal acetylenes is 1. The van der Waals surface area contributed by atoms with Gasteiger partial charge >= 0.3 is 0 Å². The number of aromatic nitrogens is 1. The Hall–Kier alpha value is -3.46. The monoisotopic (exact) mass is 337 g/mol. The Morgan fingerprint density at radius 2 is 2.12 bits per heavy atom. The van der Waals surface area contributed by atoms with E-state index in [0.29, 0.717) is 22.3 Å². The second-order valence-electron chi connectivity index (χ2n) is 5.43. The molecule has 2 heterocycles. The number of benzene rings is 2. The molecule has 0 saturated carbocycles. The molecule has 1 aromatic heterocycles. The molecule has 0 bridgehead atoms. The highest BCUT2D eigenvalue weighted by atomic mass is 19.1. The van der Waals surface area contributed by atoms with Gasteiger partial charge in [-0.05, 0) is 24.3 Å². The minimum atomic E-state index is -0.463. The number of halogens is 1. The van der Waals surface area contributed by atoms with Crippen LogP contribution in [0.2, 0.25) is 0 Å². The number of hydrogen-bond acceptors (Lipinski definition) is 4. The lowest BCUT2D eigenvalue weighted by molar-refractivity contribution is 0.171. The van der Waals surface area contributed by atoms with Crippen LogP contribution in [0.15, 0.2) is 41.2 Å². The van der Waals surface area contributed by atoms with Gasteiger partial charge in [-0.15, -0.1) is 6.42 Å². The van der Waals surface area contributed by atoms with Crippen molar-refractivity contribution >= 4 is 10.8 Å². The van der Waals surface area contributed by atoms with Crippen molar-refractivity contribution in [1.29, 1.82) is 0 Å². The van der Waals surface area contributed by atoms with Crippen molar-refractivity contribution < 1.29 is 18.6 Å². The molecule has 4 rings (SSSR count). The molecule has 25 heavy (non-hydrogen) atoms. The third-order valence-electron chi connectivity index (χ3n) is 3.94. The van der Waals surface area contributed by atoms with Crippen LogP contribution in [0.5, 0.6) is 17.4 Å². The van der Waals surface area contributed by atoms with Crippen molar-refractivity contribution in [3.05, 3.63) is 63.7 Å². The van der Waals surface area contributed by atoms with Crippen LogP contribution in [-0.2, 0) is 6.61 Å². The molecule has 0 amide bonds. The highest BCUT2D eigenvalue weighted by Gasteiger charge is 2.18. The Bertz CT molecular complexity index is 1080. The summed E-state index contributed by atoms with van der Waals surface area (Å²) in [5.74, 6) is 3.26. The molecule has 6 heteroatoms. The molecule has 0 unspecified atom stereocenters. The molecular weight excluding hydrogens is 325 g/mol. The van der Waals surface area contributed by atoms with Gasteiger partial charge in [0.1, 0.15) is 12.4 Å². The van der Waals surface area contributed by atoms with Gasteiger partial charge in [0.25, 0.3) is 5.56 Å². The Balaban J connectivity index is 1.75. The molecule has 3 aromatic rings. The summed E-state index contributed by atoms with van der Waals surface area (Å²) in [4.78, 5) is 14.7. The molecule has 5 nitrogen and oxygen atoms in total. The summed E-state index contributed by atoms with van der Waals surface area (Å²) in [6.07, 6.45) is 5.40. The Kier molecular flexibility index (Phi) is 3.55. The lowest BCUT2D eigenvalue weighted by Crippen LogP contribution is -2.13. The summed E-state index contributed by atoms with van der Waals surface area (Å²) in [5.41, 5.74) is 0.426. The first-order valence-corrected chi connectivity index (χ1v) is 7.50. The first-order valence-electron chi connectivity index (χ1n) is 7.50. The van der Waals surface area contributed by atoms with Crippen LogP contribution in [0, 0.1) is 18.2 Å². The van der Waals surface area contributed by atoms with Gasteiger partial charge in [0.2, 0.25) is 12.7 Å². The maximum atomic E-state index is 13.7. The van der Waals surface area contributed by atoms with E-state index in [0.717, 1.165) is 5.56 Å². The van der Waals surface area contributed by atoms with E-state index in [1.807, 2.05) is 12.1 Å². The standard InChI is InChI=1S/C19H12FNO4/c1-2-13-14-7-6-12(20)8-15(14)19(21-18(13)22)23-9-11-4-3-5-16-17(11)25-10-24-16/h1,3-8H,9-10H2,(H,21,22). The van der Waals surface area contributed by atoms with E-state index >= 15 is 0 Å². The molecule has 124 valence electrons. The van der Waals surface area contributed by atoms with Crippen LogP contribution in [0.25, 0.3) is 10.8 Å². The fraction of sp³-hybridized carbons (Fsp3) is 0.105. The Morgan fingerprint density at radius 1 is 1.24 bits per heavy atom. The molecule has 0 radical (unpaired) electrons. The van der Waals surface area contributed by atoms with Crippen LogP contribution >= 0.6 is 0 Å². The molecule has 0 spiro atoms. The van der Waals surface area contributed by atoms with E-state index in [4.69, 9.17) is 20.6 Å². The number of aromatic amines is 1. The molecule has 1 aliphatic rings. The molecule has 0 aliphatic carbocycles. The fourth-order valence-electron chi connectivity index (χ4n) is 2.79. The van der Waals surface area contributed by atoms with Crippen molar-refractivity contribution in [3.63, 3.8) is 0 Å². The molecule has 2 aromatic carbocycles. The van der Waals surface area contributed by atoms with E-state index in [-0.39, 0.29) is 24.8 Å². The zero-order chi connectivity index (χ0) is 17.4. The third-order valence-corrected chi connectivity index (χ3v) is 3.94. The van der Waals surface area contributed by atoms with Gasteiger partial charge < -0.3 is 14.2 Å². The molecule has 1 N–H and O–H groups in total. The second kappa shape index (κ2) is 5.87. The van der Waals surface area contributed by atoms with E-state index in [9.17, 15) is 9.18 Å². The number of pyridine rings is 1. The number of hydrogen-bond donors (Lipinski definition) is 1. The Morgan fingerprint density at radius 3 is 2.96 bits per heavy atom. The first-order chi connectivity index (χ1) is 12.2. The van der Waals surface area contributed by atoms with Gasteiger partial charge in [0.05, 0.1) is 5.56 Å². The zero-order valence-corrected chi connectivity index (χ0v) is 13.0. The highest BCUT2D eigenvalue weighted by Crippen LogP contribution is 2.36. The van der Waals surface area contributed by atoms with Crippen LogP contribution < -0.4 is 19.8 Å². The molecule has 1 aliphatic heterocycles. The van der Waals surface area contributed by atoms with E-state index in [1.54, 1.807) is 6.07 Å².